The zero-order chi connectivity index (χ0) is 12.8. The minimum absolute atomic E-state index is 0.0805. The van der Waals surface area contributed by atoms with Crippen molar-refractivity contribution in [2.45, 2.75) is 39.0 Å². The first-order valence-electron chi connectivity index (χ1n) is 6.14. The lowest BCUT2D eigenvalue weighted by molar-refractivity contribution is 0.338. The predicted octanol–water partition coefficient (Wildman–Crippen LogP) is 5.56. The Hall–Kier alpha value is -0.210. The molecule has 1 aromatic carbocycles. The average molecular weight is 320 g/mol. The van der Waals surface area contributed by atoms with E-state index in [0.29, 0.717) is 12.5 Å². The van der Waals surface area contributed by atoms with Crippen LogP contribution in [0, 0.1) is 5.92 Å². The molecule has 0 saturated heterocycles. The van der Waals surface area contributed by atoms with E-state index in [1.54, 1.807) is 0 Å². The van der Waals surface area contributed by atoms with Crippen molar-refractivity contribution in [2.24, 2.45) is 5.92 Å². The molecule has 0 aliphatic carbocycles. The van der Waals surface area contributed by atoms with Crippen LogP contribution >= 0.6 is 27.5 Å². The molecule has 0 aliphatic heterocycles. The van der Waals surface area contributed by atoms with E-state index in [0.717, 1.165) is 22.2 Å². The first kappa shape index (κ1) is 14.8. The van der Waals surface area contributed by atoms with E-state index in [9.17, 15) is 0 Å². The molecule has 1 rings (SSSR count). The molecule has 1 nitrogen and oxygen atoms in total. The van der Waals surface area contributed by atoms with Crippen LogP contribution < -0.4 is 4.74 Å². The van der Waals surface area contributed by atoms with Gasteiger partial charge in [-0.2, -0.15) is 0 Å². The summed E-state index contributed by atoms with van der Waals surface area (Å²) in [4.78, 5) is 0. The minimum atomic E-state index is 0.0805. The van der Waals surface area contributed by atoms with Crippen LogP contribution in [0.1, 0.15) is 44.6 Å². The molecule has 3 heteroatoms. The van der Waals surface area contributed by atoms with Crippen LogP contribution in [0.4, 0.5) is 0 Å². The molecule has 2 atom stereocenters. The Morgan fingerprint density at radius 2 is 2.06 bits per heavy atom. The van der Waals surface area contributed by atoms with Crippen molar-refractivity contribution in [3.63, 3.8) is 0 Å². The Morgan fingerprint density at radius 1 is 1.35 bits per heavy atom. The van der Waals surface area contributed by atoms with Crippen molar-refractivity contribution in [3.8, 4) is 5.75 Å². The van der Waals surface area contributed by atoms with Gasteiger partial charge in [0.2, 0.25) is 0 Å². The number of hydrogen-bond donors (Lipinski definition) is 0. The van der Waals surface area contributed by atoms with E-state index >= 15 is 0 Å². The molecule has 0 aromatic heterocycles. The Balaban J connectivity index is 2.75. The van der Waals surface area contributed by atoms with Crippen LogP contribution in [0.5, 0.6) is 5.75 Å². The summed E-state index contributed by atoms with van der Waals surface area (Å²) >= 11 is 9.94. The fraction of sp³-hybridized carbons (Fsp3) is 0.571. The van der Waals surface area contributed by atoms with E-state index in [4.69, 9.17) is 16.3 Å². The van der Waals surface area contributed by atoms with Crippen molar-refractivity contribution >= 4 is 27.5 Å². The Bertz CT molecular complexity index is 354. The van der Waals surface area contributed by atoms with Crippen molar-refractivity contribution in [2.75, 3.05) is 6.61 Å². The first-order chi connectivity index (χ1) is 8.08. The fourth-order valence-electron chi connectivity index (χ4n) is 1.64. The maximum atomic E-state index is 6.42. The smallest absolute Gasteiger partial charge is 0.133 e. The van der Waals surface area contributed by atoms with Gasteiger partial charge >= 0.3 is 0 Å². The summed E-state index contributed by atoms with van der Waals surface area (Å²) < 4.78 is 6.46. The predicted molar refractivity (Wildman–Crippen MR) is 78.0 cm³/mol. The van der Waals surface area contributed by atoms with Gasteiger partial charge in [0.05, 0.1) is 16.5 Å². The molecule has 0 amide bonds. The van der Waals surface area contributed by atoms with E-state index < -0.39 is 0 Å². The topological polar surface area (TPSA) is 9.23 Å². The summed E-state index contributed by atoms with van der Waals surface area (Å²) in [6.45, 7) is 7.09. The van der Waals surface area contributed by atoms with Gasteiger partial charge in [-0.05, 0) is 52.9 Å². The molecule has 2 unspecified atom stereocenters. The summed E-state index contributed by atoms with van der Waals surface area (Å²) in [6.07, 6.45) is 2.18. The molecule has 0 radical (unpaired) electrons. The molecule has 0 N–H and O–H groups in total. The lowest BCUT2D eigenvalue weighted by atomic mass is 9.98. The Kier molecular flexibility index (Phi) is 6.35. The second-order valence-electron chi connectivity index (χ2n) is 4.34. The zero-order valence-corrected chi connectivity index (χ0v) is 13.0. The molecule has 1 aromatic rings. The third-order valence-corrected chi connectivity index (χ3v) is 3.97. The molecule has 0 bridgehead atoms. The monoisotopic (exact) mass is 318 g/mol. The highest BCUT2D eigenvalue weighted by molar-refractivity contribution is 9.10. The van der Waals surface area contributed by atoms with Gasteiger partial charge in [0.1, 0.15) is 5.75 Å². The largest absolute Gasteiger partial charge is 0.493 e. The fourth-order valence-corrected chi connectivity index (χ4v) is 2.59. The summed E-state index contributed by atoms with van der Waals surface area (Å²) in [5.41, 5.74) is 1.15. The van der Waals surface area contributed by atoms with E-state index in [2.05, 4.69) is 41.9 Å². The van der Waals surface area contributed by atoms with Gasteiger partial charge in [-0.3, -0.25) is 0 Å². The summed E-state index contributed by atoms with van der Waals surface area (Å²) in [6, 6.07) is 6.09. The van der Waals surface area contributed by atoms with Gasteiger partial charge in [0, 0.05) is 0 Å². The molecule has 96 valence electrons. The third kappa shape index (κ3) is 4.51. The molecule has 0 aliphatic rings. The standard InChI is InChI=1S/C14H20BrClO/c1-4-10(3)8-13(16)11-6-7-14(17-5-2)12(15)9-11/h6-7,9-10,13H,4-5,8H2,1-3H3. The van der Waals surface area contributed by atoms with E-state index in [1.807, 2.05) is 13.0 Å². The summed E-state index contributed by atoms with van der Waals surface area (Å²) in [5, 5.41) is 0.0805. The van der Waals surface area contributed by atoms with Crippen LogP contribution in [0.25, 0.3) is 0 Å². The molecule has 0 saturated carbocycles. The van der Waals surface area contributed by atoms with Crippen LogP contribution in [-0.2, 0) is 0 Å². The second kappa shape index (κ2) is 7.27. The van der Waals surface area contributed by atoms with Crippen molar-refractivity contribution in [3.05, 3.63) is 28.2 Å². The Labute approximate surface area is 118 Å². The number of benzene rings is 1. The normalized spacial score (nSPS) is 14.4. The molecule has 0 heterocycles. The van der Waals surface area contributed by atoms with Gasteiger partial charge in [-0.25, -0.2) is 0 Å². The number of alkyl halides is 1. The van der Waals surface area contributed by atoms with Crippen LogP contribution in [-0.4, -0.2) is 6.61 Å². The maximum Gasteiger partial charge on any atom is 0.133 e. The Morgan fingerprint density at radius 3 is 2.59 bits per heavy atom. The second-order valence-corrected chi connectivity index (χ2v) is 5.72. The number of halogens is 2. The number of ether oxygens (including phenoxy) is 1. The highest BCUT2D eigenvalue weighted by Gasteiger charge is 2.13. The molecule has 17 heavy (non-hydrogen) atoms. The summed E-state index contributed by atoms with van der Waals surface area (Å²) in [5.74, 6) is 1.53. The number of rotatable bonds is 6. The highest BCUT2D eigenvalue weighted by atomic mass is 79.9. The van der Waals surface area contributed by atoms with Gasteiger partial charge in [0.25, 0.3) is 0 Å². The molecule has 0 fully saturated rings. The molecule has 0 spiro atoms. The number of hydrogen-bond acceptors (Lipinski definition) is 1. The zero-order valence-electron chi connectivity index (χ0n) is 10.7. The SMILES string of the molecule is CCOc1ccc(C(Cl)CC(C)CC)cc1Br. The third-order valence-electron chi connectivity index (χ3n) is 2.92. The van der Waals surface area contributed by atoms with Crippen molar-refractivity contribution in [1.29, 1.82) is 0 Å². The highest BCUT2D eigenvalue weighted by Crippen LogP contribution is 2.34. The molecular formula is C14H20BrClO. The lowest BCUT2D eigenvalue weighted by Gasteiger charge is -2.15. The lowest BCUT2D eigenvalue weighted by Crippen LogP contribution is -2.00. The minimum Gasteiger partial charge on any atom is -0.493 e. The van der Waals surface area contributed by atoms with Crippen molar-refractivity contribution < 1.29 is 4.74 Å². The van der Waals surface area contributed by atoms with Crippen LogP contribution in [0.2, 0.25) is 0 Å². The van der Waals surface area contributed by atoms with E-state index in [-0.39, 0.29) is 5.38 Å². The maximum absolute atomic E-state index is 6.42. The van der Waals surface area contributed by atoms with Crippen molar-refractivity contribution in [1.82, 2.24) is 0 Å². The molecular weight excluding hydrogens is 300 g/mol. The van der Waals surface area contributed by atoms with E-state index in [1.165, 1.54) is 6.42 Å². The van der Waals surface area contributed by atoms with Crippen LogP contribution in [0.3, 0.4) is 0 Å². The van der Waals surface area contributed by atoms with Gasteiger partial charge in [-0.15, -0.1) is 11.6 Å². The van der Waals surface area contributed by atoms with Gasteiger partial charge in [-0.1, -0.05) is 26.3 Å². The summed E-state index contributed by atoms with van der Waals surface area (Å²) in [7, 11) is 0. The van der Waals surface area contributed by atoms with Crippen LogP contribution in [0.15, 0.2) is 22.7 Å². The van der Waals surface area contributed by atoms with Gasteiger partial charge < -0.3 is 4.74 Å². The average Bonchev–Trinajstić information content (AvgIpc) is 2.31. The first-order valence-corrected chi connectivity index (χ1v) is 7.37. The quantitative estimate of drug-likeness (QED) is 0.623. The van der Waals surface area contributed by atoms with Gasteiger partial charge in [0.15, 0.2) is 0 Å².